The van der Waals surface area contributed by atoms with Gasteiger partial charge in [-0.2, -0.15) is 0 Å². The average Bonchev–Trinajstić information content (AvgIpc) is 3.62. The number of hydrogen-bond donors (Lipinski definition) is 0. The molecule has 0 bridgehead atoms. The molecule has 2 aliphatic heterocycles. The zero-order valence-electron chi connectivity index (χ0n) is 22.1. The van der Waals surface area contributed by atoms with E-state index in [1.54, 1.807) is 18.1 Å². The Morgan fingerprint density at radius 1 is 0.974 bits per heavy atom. The van der Waals surface area contributed by atoms with Gasteiger partial charge in [-0.05, 0) is 72.1 Å². The maximum absolute atomic E-state index is 13.6. The van der Waals surface area contributed by atoms with E-state index in [1.807, 2.05) is 48.5 Å². The molecule has 1 amide bonds. The number of rotatable bonds is 6. The van der Waals surface area contributed by atoms with Crippen LogP contribution in [0.5, 0.6) is 17.2 Å². The van der Waals surface area contributed by atoms with Gasteiger partial charge in [0, 0.05) is 17.5 Å². The molecule has 7 nitrogen and oxygen atoms in total. The van der Waals surface area contributed by atoms with Crippen molar-refractivity contribution in [1.82, 2.24) is 4.90 Å². The summed E-state index contributed by atoms with van der Waals surface area (Å²) in [5.41, 5.74) is 5.08. The van der Waals surface area contributed by atoms with Gasteiger partial charge in [0.25, 0.3) is 5.91 Å². The summed E-state index contributed by atoms with van der Waals surface area (Å²) in [4.78, 5) is 15.4. The summed E-state index contributed by atoms with van der Waals surface area (Å²) in [6.45, 7) is 4.50. The number of nitrogens with zero attached hydrogens (tertiary/aromatic N) is 1. The van der Waals surface area contributed by atoms with Crippen molar-refractivity contribution in [3.05, 3.63) is 89.7 Å². The molecule has 200 valence electrons. The number of fused-ring (bicyclic) bond motifs is 1. The van der Waals surface area contributed by atoms with Crippen molar-refractivity contribution in [2.45, 2.75) is 26.0 Å². The monoisotopic (exact) mass is 525 g/mol. The minimum atomic E-state index is -0.181. The predicted octanol–water partition coefficient (Wildman–Crippen LogP) is 6.13. The standard InChI is InChI=1S/C32H31NO6/c1-21-5-3-4-6-27(21)23-17-24-19-33(14-16-37-31(24)30(18-23)38-26-13-15-36-20-26)32(34)29-12-11-28(39-29)22-7-9-25(35-2)10-8-22/h3-12,17-18,26H,13-16,19-20H2,1-2H3/t26-/m1/s1. The van der Waals surface area contributed by atoms with Gasteiger partial charge < -0.3 is 28.3 Å². The summed E-state index contributed by atoms with van der Waals surface area (Å²) in [5.74, 6) is 2.88. The lowest BCUT2D eigenvalue weighted by molar-refractivity contribution is 0.0701. The molecule has 1 atom stereocenters. The van der Waals surface area contributed by atoms with Gasteiger partial charge in [0.05, 0.1) is 33.4 Å². The third-order valence-electron chi connectivity index (χ3n) is 7.22. The van der Waals surface area contributed by atoms with Gasteiger partial charge in [0.2, 0.25) is 0 Å². The second kappa shape index (κ2) is 10.9. The molecule has 0 saturated carbocycles. The van der Waals surface area contributed by atoms with E-state index in [1.165, 1.54) is 0 Å². The van der Waals surface area contributed by atoms with E-state index in [-0.39, 0.29) is 12.0 Å². The first kappa shape index (κ1) is 25.1. The highest BCUT2D eigenvalue weighted by Crippen LogP contribution is 2.40. The molecule has 4 aromatic rings. The number of furan rings is 1. The topological polar surface area (TPSA) is 70.4 Å². The van der Waals surface area contributed by atoms with E-state index in [0.29, 0.717) is 55.9 Å². The maximum Gasteiger partial charge on any atom is 0.290 e. The van der Waals surface area contributed by atoms with Crippen LogP contribution in [0.1, 0.15) is 28.1 Å². The molecule has 0 aliphatic carbocycles. The summed E-state index contributed by atoms with van der Waals surface area (Å²) in [6, 6.07) is 23.5. The molecule has 3 aromatic carbocycles. The molecule has 1 aromatic heterocycles. The number of amides is 1. The number of hydrogen-bond acceptors (Lipinski definition) is 6. The summed E-state index contributed by atoms with van der Waals surface area (Å²) in [7, 11) is 1.63. The van der Waals surface area contributed by atoms with Crippen molar-refractivity contribution in [1.29, 1.82) is 0 Å². The van der Waals surface area contributed by atoms with Crippen LogP contribution in [0.15, 0.2) is 77.2 Å². The summed E-state index contributed by atoms with van der Waals surface area (Å²) in [6.07, 6.45) is 0.813. The normalized spacial score (nSPS) is 16.8. The number of aryl methyl sites for hydroxylation is 1. The fourth-order valence-corrected chi connectivity index (χ4v) is 5.10. The fraction of sp³-hybridized carbons (Fsp3) is 0.281. The Kier molecular flexibility index (Phi) is 6.99. The van der Waals surface area contributed by atoms with Gasteiger partial charge in [-0.1, -0.05) is 24.3 Å². The minimum Gasteiger partial charge on any atom is -0.497 e. The van der Waals surface area contributed by atoms with Crippen molar-refractivity contribution >= 4 is 5.91 Å². The van der Waals surface area contributed by atoms with Crippen LogP contribution in [0, 0.1) is 6.92 Å². The van der Waals surface area contributed by atoms with Crippen LogP contribution in [0.25, 0.3) is 22.5 Å². The van der Waals surface area contributed by atoms with Crippen LogP contribution in [0.3, 0.4) is 0 Å². The van der Waals surface area contributed by atoms with Gasteiger partial charge in [-0.15, -0.1) is 0 Å². The van der Waals surface area contributed by atoms with E-state index in [9.17, 15) is 4.79 Å². The molecule has 3 heterocycles. The second-order valence-electron chi connectivity index (χ2n) is 9.85. The van der Waals surface area contributed by atoms with Crippen LogP contribution in [-0.2, 0) is 11.3 Å². The first-order valence-corrected chi connectivity index (χ1v) is 13.2. The third kappa shape index (κ3) is 5.22. The van der Waals surface area contributed by atoms with Gasteiger partial charge in [-0.3, -0.25) is 4.79 Å². The highest BCUT2D eigenvalue weighted by atomic mass is 16.6. The van der Waals surface area contributed by atoms with Gasteiger partial charge in [-0.25, -0.2) is 0 Å². The molecule has 6 rings (SSSR count). The van der Waals surface area contributed by atoms with Gasteiger partial charge >= 0.3 is 0 Å². The lowest BCUT2D eigenvalue weighted by Crippen LogP contribution is -2.32. The minimum absolute atomic E-state index is 0.0229. The van der Waals surface area contributed by atoms with Crippen LogP contribution in [-0.4, -0.2) is 50.4 Å². The van der Waals surface area contributed by atoms with Gasteiger partial charge in [0.1, 0.15) is 24.2 Å². The Balaban J connectivity index is 1.31. The summed E-state index contributed by atoms with van der Waals surface area (Å²) < 4.78 is 29.4. The van der Waals surface area contributed by atoms with E-state index < -0.39 is 0 Å². The predicted molar refractivity (Wildman–Crippen MR) is 147 cm³/mol. The quantitative estimate of drug-likeness (QED) is 0.302. The Bertz CT molecular complexity index is 1470. The van der Waals surface area contributed by atoms with Gasteiger partial charge in [0.15, 0.2) is 17.3 Å². The maximum atomic E-state index is 13.6. The first-order chi connectivity index (χ1) is 19.1. The van der Waals surface area contributed by atoms with E-state index in [4.69, 9.17) is 23.4 Å². The Hall–Kier alpha value is -4.23. The van der Waals surface area contributed by atoms with E-state index in [0.717, 1.165) is 40.0 Å². The molecule has 39 heavy (non-hydrogen) atoms. The Labute approximate surface area is 227 Å². The molecule has 1 saturated heterocycles. The van der Waals surface area contributed by atoms with Crippen LogP contribution in [0.4, 0.5) is 0 Å². The number of carbonyl (C=O) groups excluding carboxylic acids is 1. The molecule has 0 unspecified atom stereocenters. The molecule has 7 heteroatoms. The van der Waals surface area contributed by atoms with E-state index >= 15 is 0 Å². The van der Waals surface area contributed by atoms with E-state index in [2.05, 4.69) is 25.1 Å². The average molecular weight is 526 g/mol. The molecule has 0 spiro atoms. The number of ether oxygens (including phenoxy) is 4. The van der Waals surface area contributed by atoms with Crippen molar-refractivity contribution in [2.75, 3.05) is 33.5 Å². The lowest BCUT2D eigenvalue weighted by atomic mass is 9.97. The molecule has 0 N–H and O–H groups in total. The lowest BCUT2D eigenvalue weighted by Gasteiger charge is -2.21. The van der Waals surface area contributed by atoms with Crippen molar-refractivity contribution < 1.29 is 28.2 Å². The van der Waals surface area contributed by atoms with Crippen LogP contribution < -0.4 is 14.2 Å². The summed E-state index contributed by atoms with van der Waals surface area (Å²) >= 11 is 0. The number of benzene rings is 3. The first-order valence-electron chi connectivity index (χ1n) is 13.2. The second-order valence-corrected chi connectivity index (χ2v) is 9.85. The SMILES string of the molecule is COc1ccc(-c2ccc(C(=O)N3CCOc4c(cc(-c5ccccc5C)cc4O[C@@H]4CCOC4)C3)o2)cc1. The smallest absolute Gasteiger partial charge is 0.290 e. The Morgan fingerprint density at radius 3 is 2.59 bits per heavy atom. The fourth-order valence-electron chi connectivity index (χ4n) is 5.10. The highest BCUT2D eigenvalue weighted by Gasteiger charge is 2.28. The highest BCUT2D eigenvalue weighted by molar-refractivity contribution is 5.92. The van der Waals surface area contributed by atoms with Crippen molar-refractivity contribution in [3.63, 3.8) is 0 Å². The number of carbonyl (C=O) groups is 1. The van der Waals surface area contributed by atoms with Crippen LogP contribution >= 0.6 is 0 Å². The molecule has 1 fully saturated rings. The zero-order valence-corrected chi connectivity index (χ0v) is 22.1. The van der Waals surface area contributed by atoms with Crippen LogP contribution in [0.2, 0.25) is 0 Å². The Morgan fingerprint density at radius 2 is 1.82 bits per heavy atom. The number of methoxy groups -OCH3 is 1. The molecule has 0 radical (unpaired) electrons. The van der Waals surface area contributed by atoms with Crippen molar-refractivity contribution in [2.24, 2.45) is 0 Å². The molecular formula is C32H31NO6. The third-order valence-corrected chi connectivity index (χ3v) is 7.22. The van der Waals surface area contributed by atoms with Crippen molar-refractivity contribution in [3.8, 4) is 39.7 Å². The zero-order chi connectivity index (χ0) is 26.8. The summed E-state index contributed by atoms with van der Waals surface area (Å²) in [5, 5.41) is 0. The molecular weight excluding hydrogens is 494 g/mol. The molecule has 2 aliphatic rings. The largest absolute Gasteiger partial charge is 0.497 e.